The van der Waals surface area contributed by atoms with E-state index in [1.165, 1.54) is 64.9 Å². The molecule has 7 aromatic rings. The topological polar surface area (TPSA) is 3.24 Å². The summed E-state index contributed by atoms with van der Waals surface area (Å²) in [5, 5.41) is 2.61. The van der Waals surface area contributed by atoms with Crippen molar-refractivity contribution in [3.8, 4) is 22.3 Å². The minimum Gasteiger partial charge on any atom is -0.310 e. The van der Waals surface area contributed by atoms with Crippen LogP contribution in [0.3, 0.4) is 0 Å². The first-order chi connectivity index (χ1) is 20.1. The van der Waals surface area contributed by atoms with Gasteiger partial charge in [-0.1, -0.05) is 111 Å². The van der Waals surface area contributed by atoms with Gasteiger partial charge in [0.2, 0.25) is 0 Å². The lowest BCUT2D eigenvalue weighted by molar-refractivity contribution is 0.660. The molecule has 0 atom stereocenters. The Balaban J connectivity index is 1.37. The first-order valence-electron chi connectivity index (χ1n) is 14.2. The number of rotatable bonds is 4. The van der Waals surface area contributed by atoms with Gasteiger partial charge in [-0.05, 0) is 75.8 Å². The number of thiophene rings is 1. The van der Waals surface area contributed by atoms with Crippen LogP contribution in [0, 0.1) is 0 Å². The third kappa shape index (κ3) is 3.75. The summed E-state index contributed by atoms with van der Waals surface area (Å²) >= 11 is 1.87. The molecule has 0 spiro atoms. The maximum absolute atomic E-state index is 2.45. The third-order valence-electron chi connectivity index (χ3n) is 8.68. The Bertz CT molecular complexity index is 2070. The van der Waals surface area contributed by atoms with Crippen molar-refractivity contribution < 1.29 is 0 Å². The summed E-state index contributed by atoms with van der Waals surface area (Å²) in [7, 11) is 0. The molecule has 0 saturated heterocycles. The van der Waals surface area contributed by atoms with Crippen LogP contribution >= 0.6 is 11.3 Å². The van der Waals surface area contributed by atoms with Crippen LogP contribution in [0.4, 0.5) is 17.1 Å². The smallest absolute Gasteiger partial charge is 0.0554 e. The first kappa shape index (κ1) is 24.2. The molecule has 8 rings (SSSR count). The standard InChI is InChI=1S/C39H29NS/c1-39(2)33-15-8-6-13-30(33)32-25-29(23-24-34(32)39)40(28-21-19-27(20-22-28)26-11-4-3-5-12-26)35-16-10-18-37-38(35)31-14-7-9-17-36(31)41-37/h3-25H,1-2H3. The summed E-state index contributed by atoms with van der Waals surface area (Å²) in [4.78, 5) is 2.45. The van der Waals surface area contributed by atoms with Gasteiger partial charge in [-0.2, -0.15) is 0 Å². The molecule has 41 heavy (non-hydrogen) atoms. The number of anilines is 3. The Morgan fingerprint density at radius 2 is 1.17 bits per heavy atom. The molecule has 1 nitrogen and oxygen atoms in total. The molecular formula is C39H29NS. The van der Waals surface area contributed by atoms with E-state index in [9.17, 15) is 0 Å². The van der Waals surface area contributed by atoms with Crippen LogP contribution in [0.2, 0.25) is 0 Å². The average molecular weight is 544 g/mol. The molecular weight excluding hydrogens is 515 g/mol. The molecule has 2 heteroatoms. The van der Waals surface area contributed by atoms with Crippen molar-refractivity contribution in [1.82, 2.24) is 0 Å². The number of fused-ring (bicyclic) bond motifs is 6. The van der Waals surface area contributed by atoms with Gasteiger partial charge >= 0.3 is 0 Å². The van der Waals surface area contributed by atoms with Gasteiger partial charge in [0.25, 0.3) is 0 Å². The molecule has 0 radical (unpaired) electrons. The van der Waals surface area contributed by atoms with E-state index in [2.05, 4.69) is 158 Å². The van der Waals surface area contributed by atoms with Gasteiger partial charge in [0.15, 0.2) is 0 Å². The Labute approximate surface area is 245 Å². The molecule has 0 aliphatic heterocycles. The van der Waals surface area contributed by atoms with Crippen LogP contribution in [-0.4, -0.2) is 0 Å². The molecule has 1 aliphatic carbocycles. The zero-order chi connectivity index (χ0) is 27.6. The number of nitrogens with zero attached hydrogens (tertiary/aromatic N) is 1. The van der Waals surface area contributed by atoms with E-state index in [0.717, 1.165) is 5.69 Å². The minimum atomic E-state index is -0.0177. The maximum atomic E-state index is 2.45. The molecule has 196 valence electrons. The van der Waals surface area contributed by atoms with Crippen molar-refractivity contribution in [2.45, 2.75) is 19.3 Å². The highest BCUT2D eigenvalue weighted by atomic mass is 32.1. The van der Waals surface area contributed by atoms with Crippen LogP contribution in [0.1, 0.15) is 25.0 Å². The summed E-state index contributed by atoms with van der Waals surface area (Å²) in [5.41, 5.74) is 11.4. The van der Waals surface area contributed by atoms with Crippen molar-refractivity contribution in [3.63, 3.8) is 0 Å². The van der Waals surface area contributed by atoms with E-state index in [-0.39, 0.29) is 5.41 Å². The average Bonchev–Trinajstić information content (AvgIpc) is 3.51. The SMILES string of the molecule is CC1(C)c2ccccc2-c2cc(N(c3ccc(-c4ccccc4)cc3)c3cccc4sc5ccccc5c34)ccc21. The second kappa shape index (κ2) is 9.19. The second-order valence-electron chi connectivity index (χ2n) is 11.4. The zero-order valence-electron chi connectivity index (χ0n) is 23.1. The molecule has 1 heterocycles. The van der Waals surface area contributed by atoms with E-state index >= 15 is 0 Å². The number of hydrogen-bond donors (Lipinski definition) is 0. The summed E-state index contributed by atoms with van der Waals surface area (Å²) in [6.45, 7) is 4.69. The van der Waals surface area contributed by atoms with Crippen molar-refractivity contribution in [2.75, 3.05) is 4.90 Å². The lowest BCUT2D eigenvalue weighted by Crippen LogP contribution is -2.15. The highest BCUT2D eigenvalue weighted by Crippen LogP contribution is 2.51. The Morgan fingerprint density at radius 3 is 2.02 bits per heavy atom. The molecule has 0 N–H and O–H groups in total. The molecule has 0 saturated carbocycles. The third-order valence-corrected chi connectivity index (χ3v) is 9.82. The molecule has 0 bridgehead atoms. The highest BCUT2D eigenvalue weighted by Gasteiger charge is 2.35. The van der Waals surface area contributed by atoms with Gasteiger partial charge < -0.3 is 4.90 Å². The van der Waals surface area contributed by atoms with E-state index in [0.29, 0.717) is 0 Å². The summed E-state index contributed by atoms with van der Waals surface area (Å²) in [6, 6.07) is 51.1. The molecule has 6 aromatic carbocycles. The minimum absolute atomic E-state index is 0.0177. The lowest BCUT2D eigenvalue weighted by atomic mass is 9.82. The highest BCUT2D eigenvalue weighted by molar-refractivity contribution is 7.26. The normalized spacial score (nSPS) is 13.3. The Hall–Kier alpha value is -4.66. The predicted octanol–water partition coefficient (Wildman–Crippen LogP) is 11.5. The van der Waals surface area contributed by atoms with Crippen molar-refractivity contribution in [3.05, 3.63) is 151 Å². The number of benzene rings is 6. The van der Waals surface area contributed by atoms with Crippen LogP contribution in [-0.2, 0) is 5.41 Å². The van der Waals surface area contributed by atoms with Gasteiger partial charge in [-0.3, -0.25) is 0 Å². The van der Waals surface area contributed by atoms with Gasteiger partial charge in [-0.25, -0.2) is 0 Å². The summed E-state index contributed by atoms with van der Waals surface area (Å²) in [6.07, 6.45) is 0. The zero-order valence-corrected chi connectivity index (χ0v) is 24.0. The fraction of sp³-hybridized carbons (Fsp3) is 0.0769. The van der Waals surface area contributed by atoms with Crippen LogP contribution in [0.25, 0.3) is 42.4 Å². The van der Waals surface area contributed by atoms with E-state index in [4.69, 9.17) is 0 Å². The molecule has 0 amide bonds. The van der Waals surface area contributed by atoms with Crippen LogP contribution in [0.5, 0.6) is 0 Å². The largest absolute Gasteiger partial charge is 0.310 e. The lowest BCUT2D eigenvalue weighted by Gasteiger charge is -2.28. The van der Waals surface area contributed by atoms with Gasteiger partial charge in [0.1, 0.15) is 0 Å². The van der Waals surface area contributed by atoms with Crippen LogP contribution < -0.4 is 4.90 Å². The quantitative estimate of drug-likeness (QED) is 0.213. The molecule has 1 aromatic heterocycles. The summed E-state index contributed by atoms with van der Waals surface area (Å²) < 4.78 is 2.63. The molecule has 0 fully saturated rings. The Morgan fingerprint density at radius 1 is 0.512 bits per heavy atom. The fourth-order valence-electron chi connectivity index (χ4n) is 6.65. The van der Waals surface area contributed by atoms with Crippen molar-refractivity contribution in [2.24, 2.45) is 0 Å². The maximum Gasteiger partial charge on any atom is 0.0554 e. The molecule has 1 aliphatic rings. The van der Waals surface area contributed by atoms with Gasteiger partial charge in [0, 0.05) is 37.0 Å². The van der Waals surface area contributed by atoms with Crippen LogP contribution in [0.15, 0.2) is 140 Å². The van der Waals surface area contributed by atoms with E-state index in [1.807, 2.05) is 11.3 Å². The van der Waals surface area contributed by atoms with E-state index < -0.39 is 0 Å². The van der Waals surface area contributed by atoms with Crippen molar-refractivity contribution in [1.29, 1.82) is 0 Å². The first-order valence-corrected chi connectivity index (χ1v) is 15.0. The predicted molar refractivity (Wildman–Crippen MR) is 177 cm³/mol. The van der Waals surface area contributed by atoms with Crippen molar-refractivity contribution >= 4 is 48.6 Å². The number of hydrogen-bond acceptors (Lipinski definition) is 2. The molecule has 0 unspecified atom stereocenters. The van der Waals surface area contributed by atoms with Gasteiger partial charge in [0.05, 0.1) is 5.69 Å². The second-order valence-corrected chi connectivity index (χ2v) is 12.5. The Kier molecular flexibility index (Phi) is 5.42. The fourth-order valence-corrected chi connectivity index (χ4v) is 7.78. The van der Waals surface area contributed by atoms with E-state index in [1.54, 1.807) is 0 Å². The monoisotopic (exact) mass is 543 g/mol. The summed E-state index contributed by atoms with van der Waals surface area (Å²) in [5.74, 6) is 0. The van der Waals surface area contributed by atoms with Gasteiger partial charge in [-0.15, -0.1) is 11.3 Å².